The second-order valence-corrected chi connectivity index (χ2v) is 6.12. The van der Waals surface area contributed by atoms with E-state index in [1.165, 1.54) is 5.56 Å². The predicted octanol–water partition coefficient (Wildman–Crippen LogP) is 3.61. The molecule has 2 aromatic carbocycles. The molecule has 126 valence electrons. The van der Waals surface area contributed by atoms with Crippen molar-refractivity contribution in [2.45, 2.75) is 32.2 Å². The van der Waals surface area contributed by atoms with Crippen molar-refractivity contribution >= 4 is 11.6 Å². The number of hydrogen-bond donors (Lipinski definition) is 0. The number of nitrogens with zero attached hydrogens (tertiary/aromatic N) is 1. The van der Waals surface area contributed by atoms with Crippen LogP contribution in [0, 0.1) is 0 Å². The zero-order valence-electron chi connectivity index (χ0n) is 14.4. The topological polar surface area (TPSA) is 38.8 Å². The lowest BCUT2D eigenvalue weighted by molar-refractivity contribution is -0.118. The molecule has 0 spiro atoms. The highest BCUT2D eigenvalue weighted by atomic mass is 16.5. The molecular weight excluding hydrogens is 302 g/mol. The molecule has 0 bridgehead atoms. The van der Waals surface area contributed by atoms with E-state index in [0.29, 0.717) is 12.8 Å². The Balaban J connectivity index is 1.75. The number of amides is 1. The fourth-order valence-electron chi connectivity index (χ4n) is 3.38. The van der Waals surface area contributed by atoms with Gasteiger partial charge in [0.2, 0.25) is 5.91 Å². The second-order valence-electron chi connectivity index (χ2n) is 6.12. The van der Waals surface area contributed by atoms with Crippen LogP contribution in [0.4, 0.5) is 5.69 Å². The van der Waals surface area contributed by atoms with Gasteiger partial charge in [-0.2, -0.15) is 0 Å². The number of para-hydroxylation sites is 1. The van der Waals surface area contributed by atoms with Gasteiger partial charge in [-0.15, -0.1) is 0 Å². The standard InChI is InChI=1S/C20H23NO3/c1-14-12-15-6-4-5-7-18(15)21(14)20(22)11-8-16-13-17(23-2)9-10-19(16)24-3/h4-7,9-10,13-14H,8,11-12H2,1-3H3. The molecule has 1 aliphatic heterocycles. The van der Waals surface area contributed by atoms with Gasteiger partial charge in [0, 0.05) is 18.2 Å². The van der Waals surface area contributed by atoms with Crippen LogP contribution >= 0.6 is 0 Å². The summed E-state index contributed by atoms with van der Waals surface area (Å²) in [6.45, 7) is 2.10. The molecule has 4 nitrogen and oxygen atoms in total. The SMILES string of the molecule is COc1ccc(OC)c(CCC(=O)N2c3ccccc3CC2C)c1. The van der Waals surface area contributed by atoms with Gasteiger partial charge in [-0.25, -0.2) is 0 Å². The Hall–Kier alpha value is -2.49. The summed E-state index contributed by atoms with van der Waals surface area (Å²) in [6, 6.07) is 14.0. The lowest BCUT2D eigenvalue weighted by atomic mass is 10.1. The van der Waals surface area contributed by atoms with E-state index in [1.54, 1.807) is 14.2 Å². The smallest absolute Gasteiger partial charge is 0.227 e. The average molecular weight is 325 g/mol. The number of hydrogen-bond acceptors (Lipinski definition) is 3. The van der Waals surface area contributed by atoms with Gasteiger partial charge in [0.05, 0.1) is 14.2 Å². The van der Waals surface area contributed by atoms with Crippen LogP contribution in [0.5, 0.6) is 11.5 Å². The minimum absolute atomic E-state index is 0.150. The summed E-state index contributed by atoms with van der Waals surface area (Å²) in [5.41, 5.74) is 3.29. The summed E-state index contributed by atoms with van der Waals surface area (Å²) >= 11 is 0. The number of anilines is 1. The monoisotopic (exact) mass is 325 g/mol. The Morgan fingerprint density at radius 2 is 1.96 bits per heavy atom. The fourth-order valence-corrected chi connectivity index (χ4v) is 3.38. The molecule has 0 aliphatic carbocycles. The average Bonchev–Trinajstić information content (AvgIpc) is 2.95. The third kappa shape index (κ3) is 3.09. The number of methoxy groups -OCH3 is 2. The first-order valence-electron chi connectivity index (χ1n) is 8.25. The quantitative estimate of drug-likeness (QED) is 0.843. The first-order valence-corrected chi connectivity index (χ1v) is 8.25. The molecule has 0 fully saturated rings. The van der Waals surface area contributed by atoms with Crippen molar-refractivity contribution in [2.24, 2.45) is 0 Å². The normalized spacial score (nSPS) is 16.0. The van der Waals surface area contributed by atoms with E-state index in [9.17, 15) is 4.79 Å². The largest absolute Gasteiger partial charge is 0.497 e. The maximum Gasteiger partial charge on any atom is 0.227 e. The van der Waals surface area contributed by atoms with Crippen molar-refractivity contribution in [3.05, 3.63) is 53.6 Å². The van der Waals surface area contributed by atoms with Crippen molar-refractivity contribution in [1.29, 1.82) is 0 Å². The lowest BCUT2D eigenvalue weighted by Gasteiger charge is -2.23. The molecular formula is C20H23NO3. The molecule has 4 heteroatoms. The van der Waals surface area contributed by atoms with Gasteiger partial charge < -0.3 is 14.4 Å². The van der Waals surface area contributed by atoms with Gasteiger partial charge in [-0.1, -0.05) is 18.2 Å². The van der Waals surface area contributed by atoms with E-state index in [-0.39, 0.29) is 11.9 Å². The third-order valence-electron chi connectivity index (χ3n) is 4.57. The fraction of sp³-hybridized carbons (Fsp3) is 0.350. The van der Waals surface area contributed by atoms with Crippen molar-refractivity contribution < 1.29 is 14.3 Å². The summed E-state index contributed by atoms with van der Waals surface area (Å²) in [7, 11) is 3.28. The van der Waals surface area contributed by atoms with Crippen LogP contribution in [0.2, 0.25) is 0 Å². The van der Waals surface area contributed by atoms with Crippen LogP contribution < -0.4 is 14.4 Å². The Bertz CT molecular complexity index is 741. The molecule has 1 amide bonds. The molecule has 3 rings (SSSR count). The number of carbonyl (C=O) groups is 1. The van der Waals surface area contributed by atoms with E-state index in [2.05, 4.69) is 13.0 Å². The molecule has 1 aliphatic rings. The Kier molecular flexibility index (Phi) is 4.74. The highest BCUT2D eigenvalue weighted by Gasteiger charge is 2.30. The predicted molar refractivity (Wildman–Crippen MR) is 95.0 cm³/mol. The van der Waals surface area contributed by atoms with E-state index in [4.69, 9.17) is 9.47 Å². The number of aryl methyl sites for hydroxylation is 1. The number of ether oxygens (including phenoxy) is 2. The highest BCUT2D eigenvalue weighted by Crippen LogP contribution is 2.33. The zero-order valence-corrected chi connectivity index (χ0v) is 14.4. The maximum absolute atomic E-state index is 12.8. The number of fused-ring (bicyclic) bond motifs is 1. The summed E-state index contributed by atoms with van der Waals surface area (Å²) in [5.74, 6) is 1.72. The molecule has 0 saturated heterocycles. The molecule has 1 unspecified atom stereocenters. The maximum atomic E-state index is 12.8. The van der Waals surface area contributed by atoms with Crippen LogP contribution in [0.3, 0.4) is 0 Å². The molecule has 24 heavy (non-hydrogen) atoms. The first kappa shape index (κ1) is 16.4. The Morgan fingerprint density at radius 1 is 1.17 bits per heavy atom. The second kappa shape index (κ2) is 6.95. The van der Waals surface area contributed by atoms with Crippen LogP contribution in [-0.2, 0) is 17.6 Å². The van der Waals surface area contributed by atoms with Gasteiger partial charge in [-0.3, -0.25) is 4.79 Å². The highest BCUT2D eigenvalue weighted by molar-refractivity contribution is 5.96. The summed E-state index contributed by atoms with van der Waals surface area (Å²) in [5, 5.41) is 0. The van der Waals surface area contributed by atoms with Crippen LogP contribution in [0.1, 0.15) is 24.5 Å². The van der Waals surface area contributed by atoms with Crippen molar-refractivity contribution in [1.82, 2.24) is 0 Å². The molecule has 1 heterocycles. The zero-order chi connectivity index (χ0) is 17.1. The molecule has 0 aromatic heterocycles. The summed E-state index contributed by atoms with van der Waals surface area (Å²) in [4.78, 5) is 14.7. The number of rotatable bonds is 5. The van der Waals surface area contributed by atoms with Gasteiger partial charge in [0.25, 0.3) is 0 Å². The van der Waals surface area contributed by atoms with Gasteiger partial charge in [-0.05, 0) is 55.2 Å². The van der Waals surface area contributed by atoms with Gasteiger partial charge >= 0.3 is 0 Å². The van der Waals surface area contributed by atoms with E-state index in [1.807, 2.05) is 41.3 Å². The van der Waals surface area contributed by atoms with Crippen molar-refractivity contribution in [2.75, 3.05) is 19.1 Å². The molecule has 2 aromatic rings. The molecule has 0 radical (unpaired) electrons. The van der Waals surface area contributed by atoms with E-state index >= 15 is 0 Å². The van der Waals surface area contributed by atoms with Crippen LogP contribution in [-0.4, -0.2) is 26.2 Å². The van der Waals surface area contributed by atoms with Gasteiger partial charge in [0.1, 0.15) is 11.5 Å². The van der Waals surface area contributed by atoms with Crippen LogP contribution in [0.15, 0.2) is 42.5 Å². The van der Waals surface area contributed by atoms with Crippen molar-refractivity contribution in [3.63, 3.8) is 0 Å². The minimum Gasteiger partial charge on any atom is -0.497 e. The van der Waals surface area contributed by atoms with Gasteiger partial charge in [0.15, 0.2) is 0 Å². The molecule has 0 saturated carbocycles. The Morgan fingerprint density at radius 3 is 2.71 bits per heavy atom. The minimum atomic E-state index is 0.150. The Labute approximate surface area is 143 Å². The molecule has 1 atom stereocenters. The molecule has 0 N–H and O–H groups in total. The summed E-state index contributed by atoms with van der Waals surface area (Å²) in [6.07, 6.45) is 2.00. The van der Waals surface area contributed by atoms with E-state index < -0.39 is 0 Å². The number of carbonyl (C=O) groups excluding carboxylic acids is 1. The van der Waals surface area contributed by atoms with Crippen molar-refractivity contribution in [3.8, 4) is 11.5 Å². The number of benzene rings is 2. The van der Waals surface area contributed by atoms with E-state index in [0.717, 1.165) is 29.2 Å². The van der Waals surface area contributed by atoms with Crippen LogP contribution in [0.25, 0.3) is 0 Å². The third-order valence-corrected chi connectivity index (χ3v) is 4.57. The lowest BCUT2D eigenvalue weighted by Crippen LogP contribution is -2.35. The summed E-state index contributed by atoms with van der Waals surface area (Å²) < 4.78 is 10.7. The first-order chi connectivity index (χ1) is 11.6.